The number of hydrogen-bond acceptors (Lipinski definition) is 3. The van der Waals surface area contributed by atoms with Crippen molar-refractivity contribution in [3.05, 3.63) is 23.8 Å². The van der Waals surface area contributed by atoms with Crippen molar-refractivity contribution in [3.8, 4) is 5.75 Å². The second-order valence-corrected chi connectivity index (χ2v) is 4.83. The van der Waals surface area contributed by atoms with Gasteiger partial charge in [0.25, 0.3) is 0 Å². The molecule has 96 valence electrons. The maximum absolute atomic E-state index is 11.9. The van der Waals surface area contributed by atoms with Crippen molar-refractivity contribution in [1.29, 1.82) is 0 Å². The Morgan fingerprint density at radius 3 is 2.35 bits per heavy atom. The van der Waals surface area contributed by atoms with Gasteiger partial charge in [-0.3, -0.25) is 4.79 Å². The second-order valence-electron chi connectivity index (χ2n) is 4.83. The lowest BCUT2D eigenvalue weighted by Gasteiger charge is -2.22. The summed E-state index contributed by atoms with van der Waals surface area (Å²) in [5, 5.41) is 0. The number of halogens is 1. The molecule has 0 fully saturated rings. The molecule has 0 spiro atoms. The predicted octanol–water partition coefficient (Wildman–Crippen LogP) is -1.83. The van der Waals surface area contributed by atoms with E-state index in [2.05, 4.69) is 0 Å². The Hall–Kier alpha value is -1.26. The lowest BCUT2D eigenvalue weighted by molar-refractivity contribution is -0.861. The van der Waals surface area contributed by atoms with Crippen LogP contribution in [0.5, 0.6) is 5.75 Å². The van der Waals surface area contributed by atoms with E-state index < -0.39 is 0 Å². The number of carbonyl (C=O) groups is 1. The van der Waals surface area contributed by atoms with Gasteiger partial charge < -0.3 is 27.4 Å². The largest absolute Gasteiger partial charge is 1.00 e. The lowest BCUT2D eigenvalue weighted by atomic mass is 10.1. The van der Waals surface area contributed by atoms with E-state index in [4.69, 9.17) is 10.5 Å². The lowest BCUT2D eigenvalue weighted by Crippen LogP contribution is -3.00. The third-order valence-corrected chi connectivity index (χ3v) is 2.17. The number of anilines is 1. The van der Waals surface area contributed by atoms with E-state index in [-0.39, 0.29) is 18.2 Å². The minimum atomic E-state index is 0. The number of nitrogen functional groups attached to an aromatic ring is 1. The number of benzene rings is 1. The van der Waals surface area contributed by atoms with Crippen LogP contribution in [0, 0.1) is 0 Å². The molecule has 0 aromatic heterocycles. The maximum atomic E-state index is 11.9. The molecule has 0 bridgehead atoms. The first-order valence-corrected chi connectivity index (χ1v) is 5.10. The summed E-state index contributed by atoms with van der Waals surface area (Å²) in [6, 6.07) is 5.13. The number of nitrogens with zero attached hydrogens (tertiary/aromatic N) is 1. The number of likely N-dealkylation sites (N-methyl/N-ethyl adjacent to an activating group) is 1. The third-order valence-electron chi connectivity index (χ3n) is 2.17. The summed E-state index contributed by atoms with van der Waals surface area (Å²) in [5.74, 6) is 0.684. The van der Waals surface area contributed by atoms with Crippen LogP contribution in [-0.2, 0) is 0 Å². The first kappa shape index (κ1) is 15.7. The van der Waals surface area contributed by atoms with E-state index in [1.807, 2.05) is 21.1 Å². The maximum Gasteiger partial charge on any atom is 0.216 e. The van der Waals surface area contributed by atoms with Crippen molar-refractivity contribution in [2.75, 3.05) is 40.5 Å². The van der Waals surface area contributed by atoms with Crippen LogP contribution in [0.25, 0.3) is 0 Å². The van der Waals surface area contributed by atoms with E-state index in [9.17, 15) is 4.79 Å². The Labute approximate surface area is 108 Å². The van der Waals surface area contributed by atoms with E-state index >= 15 is 0 Å². The Bertz CT molecular complexity index is 400. The number of quaternary nitrogens is 1. The van der Waals surface area contributed by atoms with Crippen LogP contribution >= 0.6 is 0 Å². The molecule has 0 aliphatic rings. The highest BCUT2D eigenvalue weighted by Gasteiger charge is 2.16. The van der Waals surface area contributed by atoms with E-state index in [1.54, 1.807) is 25.3 Å². The van der Waals surface area contributed by atoms with E-state index in [0.717, 1.165) is 0 Å². The van der Waals surface area contributed by atoms with Gasteiger partial charge in [-0.25, -0.2) is 0 Å². The summed E-state index contributed by atoms with van der Waals surface area (Å²) in [4.78, 5) is 11.9. The molecule has 0 saturated carbocycles. The molecule has 17 heavy (non-hydrogen) atoms. The number of Topliss-reactive ketones (excluding diaryl/α,β-unsaturated/α-hetero) is 1. The molecule has 0 radical (unpaired) electrons. The second kappa shape index (κ2) is 5.89. The van der Waals surface area contributed by atoms with Crippen molar-refractivity contribution in [3.63, 3.8) is 0 Å². The SMILES string of the molecule is COc1ccc(C(=O)C[N+](C)(C)C)cc1N.[Cl-]. The number of carbonyl (C=O) groups excluding carboxylic acids is 1. The summed E-state index contributed by atoms with van der Waals surface area (Å²) in [7, 11) is 7.49. The molecule has 0 heterocycles. The molecule has 4 nitrogen and oxygen atoms in total. The Morgan fingerprint density at radius 2 is 1.94 bits per heavy atom. The number of rotatable bonds is 4. The fourth-order valence-corrected chi connectivity index (χ4v) is 1.43. The van der Waals surface area contributed by atoms with Crippen molar-refractivity contribution >= 4 is 11.5 Å². The Balaban J connectivity index is 0.00000256. The minimum absolute atomic E-state index is 0. The fourth-order valence-electron chi connectivity index (χ4n) is 1.43. The van der Waals surface area contributed by atoms with Crippen LogP contribution < -0.4 is 22.9 Å². The van der Waals surface area contributed by atoms with Gasteiger partial charge in [0.05, 0.1) is 33.9 Å². The first-order chi connectivity index (χ1) is 7.33. The van der Waals surface area contributed by atoms with Crippen LogP contribution in [0.1, 0.15) is 10.4 Å². The van der Waals surface area contributed by atoms with Gasteiger partial charge in [-0.05, 0) is 18.2 Å². The monoisotopic (exact) mass is 258 g/mol. The first-order valence-electron chi connectivity index (χ1n) is 5.10. The van der Waals surface area contributed by atoms with Gasteiger partial charge in [0, 0.05) is 5.56 Å². The molecular formula is C12H19ClN2O2. The molecule has 0 aliphatic heterocycles. The number of nitrogens with two attached hydrogens (primary N) is 1. The van der Waals surface area contributed by atoms with Gasteiger partial charge in [-0.15, -0.1) is 0 Å². The highest BCUT2D eigenvalue weighted by atomic mass is 35.5. The average Bonchev–Trinajstić information content (AvgIpc) is 2.15. The summed E-state index contributed by atoms with van der Waals surface area (Å²) in [5.41, 5.74) is 6.88. The van der Waals surface area contributed by atoms with Gasteiger partial charge in [0.2, 0.25) is 5.78 Å². The molecule has 5 heteroatoms. The molecule has 0 amide bonds. The van der Waals surface area contributed by atoms with Crippen molar-refractivity contribution in [1.82, 2.24) is 0 Å². The van der Waals surface area contributed by atoms with Gasteiger partial charge in [-0.1, -0.05) is 0 Å². The molecule has 1 rings (SSSR count). The topological polar surface area (TPSA) is 52.3 Å². The average molecular weight is 259 g/mol. The summed E-state index contributed by atoms with van der Waals surface area (Å²) >= 11 is 0. The summed E-state index contributed by atoms with van der Waals surface area (Å²) in [6.45, 7) is 0.450. The van der Waals surface area contributed by atoms with Crippen LogP contribution in [0.2, 0.25) is 0 Å². The fraction of sp³-hybridized carbons (Fsp3) is 0.417. The number of ketones is 1. The van der Waals surface area contributed by atoms with E-state index in [1.165, 1.54) is 0 Å². The highest BCUT2D eigenvalue weighted by Crippen LogP contribution is 2.22. The van der Waals surface area contributed by atoms with Crippen LogP contribution in [0.15, 0.2) is 18.2 Å². The molecular weight excluding hydrogens is 240 g/mol. The van der Waals surface area contributed by atoms with Gasteiger partial charge in [0.15, 0.2) is 0 Å². The third kappa shape index (κ3) is 4.63. The number of ether oxygens (including phenoxy) is 1. The zero-order valence-corrected chi connectivity index (χ0v) is 11.4. The molecule has 1 aromatic rings. The Kier molecular flexibility index (Phi) is 5.45. The van der Waals surface area contributed by atoms with Gasteiger partial charge in [0.1, 0.15) is 12.3 Å². The van der Waals surface area contributed by atoms with Gasteiger partial charge in [-0.2, -0.15) is 0 Å². The predicted molar refractivity (Wildman–Crippen MR) is 64.6 cm³/mol. The van der Waals surface area contributed by atoms with Crippen molar-refractivity contribution < 1.29 is 26.4 Å². The van der Waals surface area contributed by atoms with Crippen LogP contribution in [-0.4, -0.2) is 45.1 Å². The molecule has 0 unspecified atom stereocenters. The summed E-state index contributed by atoms with van der Waals surface area (Å²) < 4.78 is 5.64. The Morgan fingerprint density at radius 1 is 1.35 bits per heavy atom. The molecule has 2 N–H and O–H groups in total. The van der Waals surface area contributed by atoms with Gasteiger partial charge >= 0.3 is 0 Å². The zero-order valence-electron chi connectivity index (χ0n) is 10.7. The highest BCUT2D eigenvalue weighted by molar-refractivity contribution is 5.98. The normalized spacial score (nSPS) is 10.6. The van der Waals surface area contributed by atoms with Crippen molar-refractivity contribution in [2.24, 2.45) is 0 Å². The van der Waals surface area contributed by atoms with Crippen LogP contribution in [0.3, 0.4) is 0 Å². The van der Waals surface area contributed by atoms with Crippen LogP contribution in [0.4, 0.5) is 5.69 Å². The molecule has 0 saturated heterocycles. The smallest absolute Gasteiger partial charge is 0.216 e. The quantitative estimate of drug-likeness (QED) is 0.393. The summed E-state index contributed by atoms with van der Waals surface area (Å²) in [6.07, 6.45) is 0. The molecule has 1 aromatic carbocycles. The number of hydrogen-bond donors (Lipinski definition) is 1. The molecule has 0 atom stereocenters. The standard InChI is InChI=1S/C12H19N2O2.ClH/c1-14(2,3)8-11(15)9-5-6-12(16-4)10(13)7-9;/h5-7H,8,13H2,1-4H3;1H/q+1;/p-1. The zero-order chi connectivity index (χ0) is 12.3. The molecule has 0 aliphatic carbocycles. The van der Waals surface area contributed by atoms with E-state index in [0.29, 0.717) is 28.0 Å². The van der Waals surface area contributed by atoms with Crippen molar-refractivity contribution in [2.45, 2.75) is 0 Å². The minimum Gasteiger partial charge on any atom is -1.00 e. The number of methoxy groups -OCH3 is 1.